The number of ether oxygens (including phenoxy) is 2. The largest absolute Gasteiger partial charge is 0.493 e. The molecule has 0 saturated carbocycles. The van der Waals surface area contributed by atoms with Crippen LogP contribution in [-0.2, 0) is 9.59 Å². The molecule has 0 aromatic heterocycles. The molecule has 1 N–H and O–H groups in total. The molecular weight excluding hydrogens is 224 g/mol. The van der Waals surface area contributed by atoms with Gasteiger partial charge in [-0.15, -0.1) is 0 Å². The van der Waals surface area contributed by atoms with E-state index in [1.54, 1.807) is 12.1 Å². The summed E-state index contributed by atoms with van der Waals surface area (Å²) in [4.78, 5) is 18.5. The van der Waals surface area contributed by atoms with Gasteiger partial charge in [0.15, 0.2) is 11.5 Å². The fraction of sp³-hybridized carbons (Fsp3) is 0.167. The van der Waals surface area contributed by atoms with Crippen LogP contribution in [0, 0.1) is 0 Å². The first-order valence-corrected chi connectivity index (χ1v) is 4.72. The van der Waals surface area contributed by atoms with Gasteiger partial charge in [0.05, 0.1) is 7.11 Å². The van der Waals surface area contributed by atoms with Crippen LogP contribution in [0.2, 0.25) is 0 Å². The van der Waals surface area contributed by atoms with Crippen molar-refractivity contribution in [3.63, 3.8) is 0 Å². The molecule has 5 heteroatoms. The lowest BCUT2D eigenvalue weighted by atomic mass is 10.2. The fourth-order valence-electron chi connectivity index (χ4n) is 1.13. The Morgan fingerprint density at radius 3 is 2.35 bits per heavy atom. The highest BCUT2D eigenvalue weighted by Gasteiger charge is 2.03. The van der Waals surface area contributed by atoms with Crippen LogP contribution in [0.15, 0.2) is 24.3 Å². The summed E-state index contributed by atoms with van der Waals surface area (Å²) in [5.41, 5.74) is 1.00. The van der Waals surface area contributed by atoms with E-state index in [9.17, 15) is 4.79 Å². The van der Waals surface area contributed by atoms with Crippen LogP contribution in [0.4, 0.5) is 0 Å². The lowest BCUT2D eigenvalue weighted by Crippen LogP contribution is -1.93. The summed E-state index contributed by atoms with van der Waals surface area (Å²) in [6.07, 6.45) is 3.86. The van der Waals surface area contributed by atoms with Crippen molar-refractivity contribution in [3.8, 4) is 11.5 Å². The third-order valence-corrected chi connectivity index (χ3v) is 1.72. The number of methoxy groups -OCH3 is 1. The van der Waals surface area contributed by atoms with Crippen molar-refractivity contribution in [3.05, 3.63) is 29.8 Å². The van der Waals surface area contributed by atoms with Gasteiger partial charge < -0.3 is 14.6 Å². The van der Waals surface area contributed by atoms with Gasteiger partial charge in [-0.1, -0.05) is 18.2 Å². The topological polar surface area (TPSA) is 72.8 Å². The van der Waals surface area contributed by atoms with E-state index in [4.69, 9.17) is 19.4 Å². The Bertz CT molecular complexity index is 384. The van der Waals surface area contributed by atoms with Crippen LogP contribution >= 0.6 is 0 Å². The molecule has 0 spiro atoms. The lowest BCUT2D eigenvalue weighted by Gasteiger charge is -2.06. The zero-order valence-corrected chi connectivity index (χ0v) is 9.62. The monoisotopic (exact) mass is 238 g/mol. The van der Waals surface area contributed by atoms with Gasteiger partial charge in [-0.2, -0.15) is 0 Å². The number of carboxylic acid groups (broad SMARTS) is 1. The Kier molecular flexibility index (Phi) is 7.75. The van der Waals surface area contributed by atoms with E-state index in [-0.39, 0.29) is 6.47 Å². The number of hydrogen-bond donors (Lipinski definition) is 1. The number of rotatable bonds is 4. The molecule has 0 atom stereocenters. The van der Waals surface area contributed by atoms with E-state index in [1.165, 1.54) is 7.11 Å². The van der Waals surface area contributed by atoms with E-state index in [0.29, 0.717) is 18.0 Å². The fourth-order valence-corrected chi connectivity index (χ4v) is 1.13. The first-order valence-electron chi connectivity index (χ1n) is 4.72. The average Bonchev–Trinajstić information content (AvgIpc) is 2.33. The molecule has 1 aromatic rings. The van der Waals surface area contributed by atoms with Crippen molar-refractivity contribution in [2.75, 3.05) is 7.11 Å². The molecule has 0 aliphatic heterocycles. The maximum atomic E-state index is 10.2. The molecular formula is C12H14O5. The predicted molar refractivity (Wildman–Crippen MR) is 63.1 cm³/mol. The third-order valence-electron chi connectivity index (χ3n) is 1.72. The number of carbonyl (C=O) groups excluding carboxylic acids is 1. The summed E-state index contributed by atoms with van der Waals surface area (Å²) >= 11 is 0. The molecule has 0 bridgehead atoms. The van der Waals surface area contributed by atoms with Crippen LogP contribution in [-0.4, -0.2) is 25.2 Å². The van der Waals surface area contributed by atoms with Crippen molar-refractivity contribution in [1.82, 2.24) is 0 Å². The second-order valence-corrected chi connectivity index (χ2v) is 2.73. The van der Waals surface area contributed by atoms with E-state index >= 15 is 0 Å². The summed E-state index contributed by atoms with van der Waals surface area (Å²) in [7, 11) is 1.53. The smallest absolute Gasteiger partial charge is 0.298 e. The van der Waals surface area contributed by atoms with Crippen LogP contribution < -0.4 is 9.47 Å². The average molecular weight is 238 g/mol. The van der Waals surface area contributed by atoms with Gasteiger partial charge >= 0.3 is 0 Å². The standard InChI is InChI=1S/C11H12O3.CH2O2/c1-3-4-9-5-6-10(14-8-12)11(7-9)13-2;2-1-3/h3-8H,1-2H3;1H,(H,2,3). The molecule has 0 radical (unpaired) electrons. The van der Waals surface area contributed by atoms with Crippen molar-refractivity contribution >= 4 is 19.0 Å². The molecule has 0 fully saturated rings. The summed E-state index contributed by atoms with van der Waals surface area (Å²) < 4.78 is 9.80. The molecule has 0 aliphatic carbocycles. The van der Waals surface area contributed by atoms with E-state index in [0.717, 1.165) is 5.56 Å². The minimum Gasteiger partial charge on any atom is -0.493 e. The molecule has 92 valence electrons. The number of allylic oxidation sites excluding steroid dienone is 1. The molecule has 0 saturated heterocycles. The minimum atomic E-state index is -0.250. The SMILES string of the molecule is CC=Cc1ccc(OC=O)c(OC)c1.O=CO. The Morgan fingerprint density at radius 2 is 1.88 bits per heavy atom. The maximum absolute atomic E-state index is 10.2. The molecule has 0 aliphatic rings. The van der Waals surface area contributed by atoms with Crippen LogP contribution in [0.1, 0.15) is 12.5 Å². The molecule has 0 heterocycles. The second-order valence-electron chi connectivity index (χ2n) is 2.73. The zero-order valence-electron chi connectivity index (χ0n) is 9.62. The molecule has 0 amide bonds. The van der Waals surface area contributed by atoms with E-state index < -0.39 is 0 Å². The van der Waals surface area contributed by atoms with Crippen molar-refractivity contribution in [2.45, 2.75) is 6.92 Å². The summed E-state index contributed by atoms with van der Waals surface area (Å²) in [6.45, 7) is 2.06. The molecule has 1 rings (SSSR count). The Hall–Kier alpha value is -2.30. The number of carbonyl (C=O) groups is 2. The van der Waals surface area contributed by atoms with Gasteiger partial charge in [-0.3, -0.25) is 9.59 Å². The number of benzene rings is 1. The second kappa shape index (κ2) is 8.96. The van der Waals surface area contributed by atoms with E-state index in [2.05, 4.69) is 0 Å². The Balaban J connectivity index is 0.000000770. The highest BCUT2D eigenvalue weighted by molar-refractivity contribution is 5.58. The molecule has 5 nitrogen and oxygen atoms in total. The van der Waals surface area contributed by atoms with Gasteiger partial charge in [0.1, 0.15) is 0 Å². The highest BCUT2D eigenvalue weighted by Crippen LogP contribution is 2.27. The third kappa shape index (κ3) is 5.36. The minimum absolute atomic E-state index is 0.250. The molecule has 0 unspecified atom stereocenters. The van der Waals surface area contributed by atoms with Crippen LogP contribution in [0.25, 0.3) is 6.08 Å². The number of hydrogen-bond acceptors (Lipinski definition) is 4. The Labute approximate surface area is 99.3 Å². The summed E-state index contributed by atoms with van der Waals surface area (Å²) in [6, 6.07) is 5.35. The van der Waals surface area contributed by atoms with Gasteiger partial charge in [-0.25, -0.2) is 0 Å². The van der Waals surface area contributed by atoms with Crippen LogP contribution in [0.5, 0.6) is 11.5 Å². The van der Waals surface area contributed by atoms with Gasteiger partial charge in [0, 0.05) is 0 Å². The summed E-state index contributed by atoms with van der Waals surface area (Å²) in [5, 5.41) is 6.89. The van der Waals surface area contributed by atoms with Crippen LogP contribution in [0.3, 0.4) is 0 Å². The predicted octanol–water partition coefficient (Wildman–Crippen LogP) is 1.96. The quantitative estimate of drug-likeness (QED) is 0.812. The zero-order chi connectivity index (χ0) is 13.1. The van der Waals surface area contributed by atoms with Crippen molar-refractivity contribution < 1.29 is 24.2 Å². The maximum Gasteiger partial charge on any atom is 0.298 e. The summed E-state index contributed by atoms with van der Waals surface area (Å²) in [5.74, 6) is 0.975. The molecule has 17 heavy (non-hydrogen) atoms. The van der Waals surface area contributed by atoms with E-state index in [1.807, 2.05) is 25.1 Å². The van der Waals surface area contributed by atoms with Gasteiger partial charge in [-0.05, 0) is 24.6 Å². The first kappa shape index (κ1) is 14.7. The first-order chi connectivity index (χ1) is 8.23. The van der Waals surface area contributed by atoms with Gasteiger partial charge in [0.25, 0.3) is 12.9 Å². The molecule has 1 aromatic carbocycles. The highest BCUT2D eigenvalue weighted by atomic mass is 16.5. The van der Waals surface area contributed by atoms with Crippen molar-refractivity contribution in [2.24, 2.45) is 0 Å². The lowest BCUT2D eigenvalue weighted by molar-refractivity contribution is -0.123. The van der Waals surface area contributed by atoms with Crippen molar-refractivity contribution in [1.29, 1.82) is 0 Å². The normalized spacial score (nSPS) is 9.06. The van der Waals surface area contributed by atoms with Gasteiger partial charge in [0.2, 0.25) is 0 Å². The Morgan fingerprint density at radius 1 is 1.24 bits per heavy atom.